The maximum atomic E-state index is 13.7. The van der Waals surface area contributed by atoms with Crippen molar-refractivity contribution in [1.82, 2.24) is 0 Å². The molecule has 2 aromatic carbocycles. The zero-order valence-electron chi connectivity index (χ0n) is 9.71. The molecule has 2 aromatic rings. The monoisotopic (exact) mass is 454 g/mol. The fraction of sp³-hybridized carbons (Fsp3) is 0.143. The van der Waals surface area contributed by atoms with Crippen molar-refractivity contribution in [2.45, 2.75) is 12.5 Å². The van der Waals surface area contributed by atoms with Gasteiger partial charge in [0.15, 0.2) is 0 Å². The number of halogens is 4. The van der Waals surface area contributed by atoms with Gasteiger partial charge in [-0.25, -0.2) is 4.39 Å². The lowest BCUT2D eigenvalue weighted by atomic mass is 10.0. The highest BCUT2D eigenvalue weighted by Gasteiger charge is 2.15. The van der Waals surface area contributed by atoms with Gasteiger partial charge in [-0.2, -0.15) is 0 Å². The van der Waals surface area contributed by atoms with Gasteiger partial charge in [0.2, 0.25) is 0 Å². The molecule has 100 valence electrons. The standard InChI is InChI=1S/C14H10BrClFIO/c15-9-2-1-8(12(17)6-9)5-14(19)11-7-10(16)3-4-13(11)18/h1-4,6-7,14,19H,5H2. The van der Waals surface area contributed by atoms with Crippen LogP contribution in [-0.4, -0.2) is 5.11 Å². The van der Waals surface area contributed by atoms with Gasteiger partial charge < -0.3 is 5.11 Å². The van der Waals surface area contributed by atoms with Crippen LogP contribution in [0.4, 0.5) is 4.39 Å². The minimum absolute atomic E-state index is 0.218. The Kier molecular flexibility index (Phi) is 5.22. The van der Waals surface area contributed by atoms with Crippen molar-refractivity contribution < 1.29 is 9.50 Å². The number of aliphatic hydroxyl groups is 1. The molecule has 0 aliphatic rings. The van der Waals surface area contributed by atoms with E-state index < -0.39 is 6.10 Å². The first kappa shape index (κ1) is 15.2. The minimum Gasteiger partial charge on any atom is -0.388 e. The molecule has 19 heavy (non-hydrogen) atoms. The van der Waals surface area contributed by atoms with E-state index in [0.717, 1.165) is 9.13 Å². The molecule has 1 atom stereocenters. The molecule has 0 fully saturated rings. The van der Waals surface area contributed by atoms with E-state index in [2.05, 4.69) is 38.5 Å². The maximum Gasteiger partial charge on any atom is 0.127 e. The molecule has 1 nitrogen and oxygen atoms in total. The maximum absolute atomic E-state index is 13.7. The van der Waals surface area contributed by atoms with Crippen molar-refractivity contribution >= 4 is 50.1 Å². The topological polar surface area (TPSA) is 20.2 Å². The average molecular weight is 455 g/mol. The molecule has 0 amide bonds. The number of hydrogen-bond donors (Lipinski definition) is 1. The second kappa shape index (κ2) is 6.52. The highest BCUT2D eigenvalue weighted by Crippen LogP contribution is 2.27. The smallest absolute Gasteiger partial charge is 0.127 e. The first-order valence-electron chi connectivity index (χ1n) is 5.54. The summed E-state index contributed by atoms with van der Waals surface area (Å²) < 4.78 is 15.3. The van der Waals surface area contributed by atoms with Crippen LogP contribution in [0.2, 0.25) is 5.02 Å². The van der Waals surface area contributed by atoms with Gasteiger partial charge in [-0.05, 0) is 64.0 Å². The average Bonchev–Trinajstić information content (AvgIpc) is 2.35. The van der Waals surface area contributed by atoms with Crippen LogP contribution >= 0.6 is 50.1 Å². The van der Waals surface area contributed by atoms with Gasteiger partial charge in [-0.1, -0.05) is 33.6 Å². The summed E-state index contributed by atoms with van der Waals surface area (Å²) >= 11 is 11.3. The highest BCUT2D eigenvalue weighted by molar-refractivity contribution is 14.1. The second-order valence-electron chi connectivity index (χ2n) is 4.12. The Labute approximate surface area is 138 Å². The Bertz CT molecular complexity index is 606. The lowest BCUT2D eigenvalue weighted by Gasteiger charge is -2.14. The molecule has 2 rings (SSSR count). The van der Waals surface area contributed by atoms with Gasteiger partial charge >= 0.3 is 0 Å². The molecule has 0 saturated heterocycles. The fourth-order valence-electron chi connectivity index (χ4n) is 1.78. The fourth-order valence-corrected chi connectivity index (χ4v) is 2.98. The lowest BCUT2D eigenvalue weighted by Crippen LogP contribution is -2.05. The quantitative estimate of drug-likeness (QED) is 0.637. The van der Waals surface area contributed by atoms with Gasteiger partial charge in [0.1, 0.15) is 5.82 Å². The minimum atomic E-state index is -0.777. The summed E-state index contributed by atoms with van der Waals surface area (Å²) in [5.74, 6) is -0.328. The van der Waals surface area contributed by atoms with E-state index >= 15 is 0 Å². The number of rotatable bonds is 3. The van der Waals surface area contributed by atoms with Gasteiger partial charge in [-0.15, -0.1) is 0 Å². The molecular formula is C14H10BrClFIO. The zero-order valence-corrected chi connectivity index (χ0v) is 14.2. The Balaban J connectivity index is 2.25. The molecule has 0 radical (unpaired) electrons. The molecule has 0 spiro atoms. The summed E-state index contributed by atoms with van der Waals surface area (Å²) in [7, 11) is 0. The van der Waals surface area contributed by atoms with Crippen LogP contribution in [-0.2, 0) is 6.42 Å². The summed E-state index contributed by atoms with van der Waals surface area (Å²) in [5.41, 5.74) is 1.20. The molecule has 0 heterocycles. The Morgan fingerprint density at radius 2 is 2.00 bits per heavy atom. The van der Waals surface area contributed by atoms with E-state index in [4.69, 9.17) is 11.6 Å². The van der Waals surface area contributed by atoms with Crippen LogP contribution < -0.4 is 0 Å². The lowest BCUT2D eigenvalue weighted by molar-refractivity contribution is 0.176. The van der Waals surface area contributed by atoms with Gasteiger partial charge in [0, 0.05) is 19.5 Å². The third-order valence-electron chi connectivity index (χ3n) is 2.75. The summed E-state index contributed by atoms with van der Waals surface area (Å²) in [5, 5.41) is 10.8. The summed E-state index contributed by atoms with van der Waals surface area (Å²) in [6.45, 7) is 0. The van der Waals surface area contributed by atoms with Crippen molar-refractivity contribution in [2.75, 3.05) is 0 Å². The van der Waals surface area contributed by atoms with E-state index in [0.29, 0.717) is 15.1 Å². The van der Waals surface area contributed by atoms with Crippen molar-refractivity contribution in [2.24, 2.45) is 0 Å². The second-order valence-corrected chi connectivity index (χ2v) is 6.64. The van der Waals surface area contributed by atoms with E-state index in [1.165, 1.54) is 6.07 Å². The largest absolute Gasteiger partial charge is 0.388 e. The third kappa shape index (κ3) is 3.90. The van der Waals surface area contributed by atoms with Crippen LogP contribution in [0.15, 0.2) is 40.9 Å². The van der Waals surface area contributed by atoms with E-state index in [1.54, 1.807) is 24.3 Å². The van der Waals surface area contributed by atoms with E-state index in [-0.39, 0.29) is 12.2 Å². The predicted octanol–water partition coefficient (Wildman–Crippen LogP) is 5.12. The van der Waals surface area contributed by atoms with Crippen molar-refractivity contribution in [3.8, 4) is 0 Å². The zero-order chi connectivity index (χ0) is 14.0. The highest BCUT2D eigenvalue weighted by atomic mass is 127. The first-order valence-corrected chi connectivity index (χ1v) is 7.79. The molecule has 0 aliphatic carbocycles. The van der Waals surface area contributed by atoms with E-state index in [1.807, 2.05) is 6.07 Å². The molecule has 0 aromatic heterocycles. The van der Waals surface area contributed by atoms with Crippen LogP contribution in [0.5, 0.6) is 0 Å². The van der Waals surface area contributed by atoms with Gasteiger partial charge in [-0.3, -0.25) is 0 Å². The normalized spacial score (nSPS) is 12.5. The van der Waals surface area contributed by atoms with Crippen LogP contribution in [0.1, 0.15) is 17.2 Å². The van der Waals surface area contributed by atoms with E-state index in [9.17, 15) is 9.50 Å². The third-order valence-corrected chi connectivity index (χ3v) is 4.46. The Morgan fingerprint density at radius 3 is 2.68 bits per heavy atom. The number of aliphatic hydroxyl groups excluding tert-OH is 1. The molecule has 0 bridgehead atoms. The number of benzene rings is 2. The first-order chi connectivity index (χ1) is 8.97. The molecule has 0 aliphatic heterocycles. The molecule has 1 N–H and O–H groups in total. The van der Waals surface area contributed by atoms with Crippen LogP contribution in [0.25, 0.3) is 0 Å². The van der Waals surface area contributed by atoms with Gasteiger partial charge in [0.25, 0.3) is 0 Å². The molecular weight excluding hydrogens is 445 g/mol. The number of hydrogen-bond acceptors (Lipinski definition) is 1. The summed E-state index contributed by atoms with van der Waals surface area (Å²) in [6, 6.07) is 10.1. The Morgan fingerprint density at radius 1 is 1.26 bits per heavy atom. The Hall–Kier alpha value is -0.170. The van der Waals surface area contributed by atoms with Crippen LogP contribution in [0, 0.1) is 9.39 Å². The van der Waals surface area contributed by atoms with Crippen molar-refractivity contribution in [1.29, 1.82) is 0 Å². The summed E-state index contributed by atoms with van der Waals surface area (Å²) in [6.07, 6.45) is -0.559. The van der Waals surface area contributed by atoms with Crippen molar-refractivity contribution in [3.63, 3.8) is 0 Å². The predicted molar refractivity (Wildman–Crippen MR) is 86.9 cm³/mol. The SMILES string of the molecule is OC(Cc1ccc(Br)cc1F)c1cc(Cl)ccc1I. The van der Waals surface area contributed by atoms with Gasteiger partial charge in [0.05, 0.1) is 6.10 Å². The molecule has 1 unspecified atom stereocenters. The molecule has 0 saturated carbocycles. The molecule has 5 heteroatoms. The van der Waals surface area contributed by atoms with Crippen molar-refractivity contribution in [3.05, 3.63) is 66.4 Å². The summed E-state index contributed by atoms with van der Waals surface area (Å²) in [4.78, 5) is 0. The van der Waals surface area contributed by atoms with Crippen LogP contribution in [0.3, 0.4) is 0 Å².